The van der Waals surface area contributed by atoms with Crippen molar-refractivity contribution in [2.24, 2.45) is 0 Å². The summed E-state index contributed by atoms with van der Waals surface area (Å²) in [6, 6.07) is 19.7. The van der Waals surface area contributed by atoms with Gasteiger partial charge in [0.2, 0.25) is 4.90 Å². The molecule has 1 atom stereocenters. The molecule has 0 aromatic heterocycles. The first-order valence-corrected chi connectivity index (χ1v) is 13.2. The van der Waals surface area contributed by atoms with Gasteiger partial charge in [0.15, 0.2) is 5.75 Å². The molecule has 0 spiro atoms. The van der Waals surface area contributed by atoms with Crippen LogP contribution in [-0.2, 0) is 11.8 Å². The van der Waals surface area contributed by atoms with Gasteiger partial charge >= 0.3 is 0 Å². The van der Waals surface area contributed by atoms with Crippen LogP contribution in [0.3, 0.4) is 0 Å². The van der Waals surface area contributed by atoms with Gasteiger partial charge in [-0.15, -0.1) is 10.2 Å². The number of phenols is 1. The van der Waals surface area contributed by atoms with Crippen LogP contribution in [0.2, 0.25) is 5.02 Å². The Labute approximate surface area is 219 Å². The predicted octanol–water partition coefficient (Wildman–Crippen LogP) is 2.00. The van der Waals surface area contributed by atoms with Crippen molar-refractivity contribution in [1.29, 1.82) is 0 Å². The minimum Gasteiger partial charge on any atom is -0.506 e. The molecule has 10 heteroatoms. The van der Waals surface area contributed by atoms with Gasteiger partial charge in [-0.3, -0.25) is 0 Å². The lowest BCUT2D eigenvalue weighted by Gasteiger charge is -2.17. The summed E-state index contributed by atoms with van der Waals surface area (Å²) >= 11 is 7.27. The fourth-order valence-electron chi connectivity index (χ4n) is 4.01. The first-order valence-electron chi connectivity index (χ1n) is 10.6. The SMILES string of the molecule is COc1ccc(C2Oc3c(c(-c4cccc(Cl)c4)c(O)c4cc(C)c(C)cc34)[SH+]2)cc1.[O-][Cl+3]([O-])([O-])[O-]. The highest BCUT2D eigenvalue weighted by atomic mass is 35.7. The van der Waals surface area contributed by atoms with Gasteiger partial charge in [0.1, 0.15) is 11.5 Å². The van der Waals surface area contributed by atoms with E-state index in [0.717, 1.165) is 66.7 Å². The van der Waals surface area contributed by atoms with E-state index in [1.165, 1.54) is 0 Å². The molecule has 188 valence electrons. The largest absolute Gasteiger partial charge is 0.506 e. The standard InChI is InChI=1S/C26H21ClO3S.ClHO4/c1-14-11-20-21(12-15(14)2)24-25(22(23(20)28)17-5-4-6-18(27)13-17)31-26(30-24)16-7-9-19(29-3)10-8-16;2-1(3,4)5/h4-13,26,28H,1-3H3;(H,2,3,4,5). The number of benzene rings is 4. The Bertz CT molecular complexity index is 1410. The number of halogens is 2. The second kappa shape index (κ2) is 10.4. The molecule has 0 aliphatic carbocycles. The quantitative estimate of drug-likeness (QED) is 0.306. The molecule has 0 amide bonds. The maximum absolute atomic E-state index is 11.4. The molecule has 1 heterocycles. The number of fused-ring (bicyclic) bond motifs is 3. The number of ether oxygens (including phenoxy) is 2. The van der Waals surface area contributed by atoms with Crippen LogP contribution in [0.25, 0.3) is 21.9 Å². The number of hydrogen-bond donors (Lipinski definition) is 1. The van der Waals surface area contributed by atoms with Crippen molar-refractivity contribution in [3.8, 4) is 28.4 Å². The molecule has 0 radical (unpaired) electrons. The van der Waals surface area contributed by atoms with Crippen LogP contribution in [0.1, 0.15) is 22.1 Å². The molecule has 0 saturated heterocycles. The molecule has 5 rings (SSSR count). The predicted molar refractivity (Wildman–Crippen MR) is 129 cm³/mol. The average Bonchev–Trinajstić information content (AvgIpc) is 3.25. The lowest BCUT2D eigenvalue weighted by atomic mass is 9.95. The summed E-state index contributed by atoms with van der Waals surface area (Å²) < 4.78 is 45.8. The second-order valence-electron chi connectivity index (χ2n) is 8.14. The zero-order chi connectivity index (χ0) is 26.2. The first kappa shape index (κ1) is 26.4. The van der Waals surface area contributed by atoms with Crippen molar-refractivity contribution in [3.05, 3.63) is 82.4 Å². The Morgan fingerprint density at radius 3 is 2.14 bits per heavy atom. The van der Waals surface area contributed by atoms with Gasteiger partial charge in [0.25, 0.3) is 5.44 Å². The molecule has 1 aliphatic rings. The summed E-state index contributed by atoms with van der Waals surface area (Å²) in [5.74, 6) is 1.91. The van der Waals surface area contributed by atoms with Gasteiger partial charge in [0, 0.05) is 21.4 Å². The fourth-order valence-corrected chi connectivity index (χ4v) is 5.57. The van der Waals surface area contributed by atoms with Gasteiger partial charge in [-0.2, -0.15) is 0 Å². The summed E-state index contributed by atoms with van der Waals surface area (Å²) in [7, 11) is -3.29. The average molecular weight is 549 g/mol. The Morgan fingerprint density at radius 2 is 1.56 bits per heavy atom. The van der Waals surface area contributed by atoms with E-state index in [1.807, 2.05) is 54.6 Å². The van der Waals surface area contributed by atoms with E-state index in [-0.39, 0.29) is 11.2 Å². The summed E-state index contributed by atoms with van der Waals surface area (Å²) in [6.07, 6.45) is 0. The highest BCUT2D eigenvalue weighted by Gasteiger charge is 2.40. The van der Waals surface area contributed by atoms with Crippen molar-refractivity contribution >= 4 is 34.1 Å². The van der Waals surface area contributed by atoms with Crippen molar-refractivity contribution in [1.82, 2.24) is 0 Å². The van der Waals surface area contributed by atoms with E-state index in [4.69, 9.17) is 39.7 Å². The van der Waals surface area contributed by atoms with Gasteiger partial charge in [-0.25, -0.2) is 18.6 Å². The topological polar surface area (TPSA) is 131 Å². The molecule has 4 aromatic carbocycles. The van der Waals surface area contributed by atoms with Gasteiger partial charge in [0.05, 0.1) is 24.4 Å². The molecular weight excluding hydrogens is 527 g/mol. The van der Waals surface area contributed by atoms with E-state index in [1.54, 1.807) is 7.11 Å². The Balaban J connectivity index is 0.000000556. The molecule has 1 aliphatic heterocycles. The van der Waals surface area contributed by atoms with Gasteiger partial charge in [-0.05, 0) is 79.1 Å². The number of phenolic OH excluding ortho intramolecular Hbond substituents is 1. The van der Waals surface area contributed by atoms with Gasteiger partial charge < -0.3 is 14.6 Å². The fraction of sp³-hybridized carbons (Fsp3) is 0.154. The third-order valence-corrected chi connectivity index (χ3v) is 7.37. The Hall–Kier alpha value is -2.69. The third-order valence-electron chi connectivity index (χ3n) is 5.81. The molecule has 1 unspecified atom stereocenters. The number of rotatable bonds is 3. The van der Waals surface area contributed by atoms with Crippen LogP contribution in [0.4, 0.5) is 0 Å². The van der Waals surface area contributed by atoms with Crippen LogP contribution in [-0.4, -0.2) is 12.2 Å². The van der Waals surface area contributed by atoms with E-state index < -0.39 is 10.2 Å². The molecule has 0 saturated carbocycles. The van der Waals surface area contributed by atoms with E-state index in [2.05, 4.69) is 19.9 Å². The number of aromatic hydroxyl groups is 1. The van der Waals surface area contributed by atoms with Crippen molar-refractivity contribution in [2.75, 3.05) is 7.11 Å². The maximum Gasteiger partial charge on any atom is 0.286 e. The molecule has 7 nitrogen and oxygen atoms in total. The normalized spacial score (nSPS) is 14.6. The van der Waals surface area contributed by atoms with Gasteiger partial charge in [-0.1, -0.05) is 23.7 Å². The Kier molecular flexibility index (Phi) is 7.59. The van der Waals surface area contributed by atoms with Crippen LogP contribution in [0.15, 0.2) is 65.6 Å². The lowest BCUT2D eigenvalue weighted by molar-refractivity contribution is -2.00. The van der Waals surface area contributed by atoms with Crippen LogP contribution < -0.4 is 28.1 Å². The summed E-state index contributed by atoms with van der Waals surface area (Å²) in [6.45, 7) is 4.14. The minimum atomic E-state index is -4.94. The lowest BCUT2D eigenvalue weighted by Crippen LogP contribution is -2.68. The van der Waals surface area contributed by atoms with Crippen LogP contribution >= 0.6 is 11.6 Å². The summed E-state index contributed by atoms with van der Waals surface area (Å²) in [4.78, 5) is 0.983. The molecule has 0 fully saturated rings. The molecule has 0 bridgehead atoms. The number of thiol groups is 1. The van der Waals surface area contributed by atoms with Crippen molar-refractivity contribution in [2.45, 2.75) is 24.2 Å². The molecule has 4 aromatic rings. The summed E-state index contributed by atoms with van der Waals surface area (Å²) in [5.41, 5.74) is 4.86. The molecule has 1 N–H and O–H groups in total. The minimum absolute atomic E-state index is 0.162. The van der Waals surface area contributed by atoms with Crippen LogP contribution in [0.5, 0.6) is 17.2 Å². The molecule has 36 heavy (non-hydrogen) atoms. The zero-order valence-electron chi connectivity index (χ0n) is 19.5. The second-order valence-corrected chi connectivity index (χ2v) is 10.5. The highest BCUT2D eigenvalue weighted by Crippen LogP contribution is 2.53. The zero-order valence-corrected chi connectivity index (χ0v) is 21.9. The summed E-state index contributed by atoms with van der Waals surface area (Å²) in [5, 5.41) is 13.7. The van der Waals surface area contributed by atoms with Crippen molar-refractivity contribution in [3.63, 3.8) is 0 Å². The Morgan fingerprint density at radius 1 is 0.944 bits per heavy atom. The van der Waals surface area contributed by atoms with Crippen LogP contribution in [0, 0.1) is 24.1 Å². The monoisotopic (exact) mass is 548 g/mol. The van der Waals surface area contributed by atoms with E-state index >= 15 is 0 Å². The van der Waals surface area contributed by atoms with Crippen molar-refractivity contribution < 1.29 is 43.5 Å². The maximum atomic E-state index is 11.4. The number of aryl methyl sites for hydroxylation is 2. The number of methoxy groups -OCH3 is 1. The number of hydrogen-bond acceptors (Lipinski definition) is 7. The first-order chi connectivity index (χ1) is 17.0. The van der Waals surface area contributed by atoms with E-state index in [9.17, 15) is 5.11 Å². The van der Waals surface area contributed by atoms with E-state index in [0.29, 0.717) is 5.02 Å². The molecular formula is C26H22Cl2O7S. The smallest absolute Gasteiger partial charge is 0.286 e. The third kappa shape index (κ3) is 5.66. The highest BCUT2D eigenvalue weighted by molar-refractivity contribution is 7.79.